The number of anilines is 3. The van der Waals surface area contributed by atoms with Gasteiger partial charge in [0, 0.05) is 17.9 Å². The van der Waals surface area contributed by atoms with Crippen LogP contribution in [0.3, 0.4) is 0 Å². The first kappa shape index (κ1) is 27.3. The molecule has 4 rings (SSSR count). The van der Waals surface area contributed by atoms with Crippen molar-refractivity contribution in [1.82, 2.24) is 0 Å². The van der Waals surface area contributed by atoms with Gasteiger partial charge in [0.05, 0.1) is 36.4 Å². The van der Waals surface area contributed by atoms with Crippen LogP contribution in [0.5, 0.6) is 0 Å². The molecule has 0 fully saturated rings. The minimum Gasteiger partial charge on any atom is -0.477 e. The van der Waals surface area contributed by atoms with Crippen molar-refractivity contribution in [3.63, 3.8) is 0 Å². The van der Waals surface area contributed by atoms with E-state index in [0.717, 1.165) is 17.7 Å². The lowest BCUT2D eigenvalue weighted by Crippen LogP contribution is -2.26. The minimum atomic E-state index is -1.51. The van der Waals surface area contributed by atoms with Crippen LogP contribution in [0.4, 0.5) is 17.1 Å². The molecule has 0 unspecified atom stereocenters. The van der Waals surface area contributed by atoms with E-state index in [1.54, 1.807) is 42.5 Å². The summed E-state index contributed by atoms with van der Waals surface area (Å²) in [7, 11) is 0. The number of rotatable bonds is 6. The topological polar surface area (TPSA) is 93.5 Å². The number of aliphatic carboxylic acids is 1. The summed E-state index contributed by atoms with van der Waals surface area (Å²) in [4.78, 5) is 26.3. The Morgan fingerprint density at radius 2 is 1.54 bits per heavy atom. The first-order valence-corrected chi connectivity index (χ1v) is 12.8. The number of amides is 1. The summed E-state index contributed by atoms with van der Waals surface area (Å²) >= 11 is 31.7. The summed E-state index contributed by atoms with van der Waals surface area (Å²) in [5.41, 5.74) is 2.05. The number of para-hydroxylation sites is 1. The molecule has 0 saturated carbocycles. The number of fused-ring (bicyclic) bond motifs is 1. The fourth-order valence-corrected chi connectivity index (χ4v) is 5.35. The van der Waals surface area contributed by atoms with Gasteiger partial charge in [-0.05, 0) is 54.3 Å². The number of halogens is 5. The Morgan fingerprint density at radius 1 is 0.919 bits per heavy atom. The Bertz CT molecular complexity index is 1430. The van der Waals surface area contributed by atoms with Crippen LogP contribution in [0.1, 0.15) is 17.5 Å². The summed E-state index contributed by atoms with van der Waals surface area (Å²) in [5, 5.41) is 20.6. The summed E-state index contributed by atoms with van der Waals surface area (Å²) in [5.74, 6) is -2.22. The predicted molar refractivity (Wildman–Crippen MR) is 152 cm³/mol. The fourth-order valence-electron chi connectivity index (χ4n) is 4.02. The molecule has 1 heterocycles. The highest BCUT2D eigenvalue weighted by Gasteiger charge is 2.28. The van der Waals surface area contributed by atoms with Crippen LogP contribution < -0.4 is 10.2 Å². The van der Waals surface area contributed by atoms with Gasteiger partial charge in [0.1, 0.15) is 0 Å². The van der Waals surface area contributed by atoms with Gasteiger partial charge in [-0.25, -0.2) is 4.79 Å². The van der Waals surface area contributed by atoms with Crippen molar-refractivity contribution in [2.45, 2.75) is 12.8 Å². The Hall–Kier alpha value is -2.74. The molecule has 0 saturated heterocycles. The number of benzene rings is 3. The highest BCUT2D eigenvalue weighted by atomic mass is 35.5. The molecule has 11 heteroatoms. The molecular weight excluding hydrogens is 580 g/mol. The number of nitrogens with zero attached hydrogens (tertiary/aromatic N) is 1. The molecular formula is C26H18Cl5N3O3. The molecule has 0 bridgehead atoms. The van der Waals surface area contributed by atoms with E-state index < -0.39 is 17.6 Å². The Labute approximate surface area is 237 Å². The lowest BCUT2D eigenvalue weighted by atomic mass is 9.97. The largest absolute Gasteiger partial charge is 0.477 e. The molecule has 0 atom stereocenters. The number of aryl methyl sites for hydroxylation is 1. The smallest absolute Gasteiger partial charge is 0.354 e. The second-order valence-electron chi connectivity index (χ2n) is 8.12. The maximum Gasteiger partial charge on any atom is 0.354 e. The molecule has 0 spiro atoms. The van der Waals surface area contributed by atoms with Crippen LogP contribution in [0.25, 0.3) is 6.08 Å². The van der Waals surface area contributed by atoms with Gasteiger partial charge in [-0.1, -0.05) is 82.3 Å². The van der Waals surface area contributed by atoms with Crippen molar-refractivity contribution >= 4 is 98.7 Å². The number of hydrogen-bond acceptors (Lipinski definition) is 4. The Morgan fingerprint density at radius 3 is 2.16 bits per heavy atom. The Balaban J connectivity index is 1.74. The van der Waals surface area contributed by atoms with E-state index in [1.165, 1.54) is 6.08 Å². The van der Waals surface area contributed by atoms with Crippen LogP contribution in [0.2, 0.25) is 25.1 Å². The van der Waals surface area contributed by atoms with E-state index in [2.05, 4.69) is 5.32 Å². The van der Waals surface area contributed by atoms with Gasteiger partial charge in [0.25, 0.3) is 5.91 Å². The molecule has 0 aliphatic carbocycles. The van der Waals surface area contributed by atoms with Gasteiger partial charge in [-0.15, -0.1) is 0 Å². The van der Waals surface area contributed by atoms with Crippen LogP contribution in [0.15, 0.2) is 54.1 Å². The van der Waals surface area contributed by atoms with Crippen molar-refractivity contribution < 1.29 is 14.7 Å². The van der Waals surface area contributed by atoms with E-state index in [9.17, 15) is 14.7 Å². The van der Waals surface area contributed by atoms with Gasteiger partial charge in [-0.3, -0.25) is 10.2 Å². The standard InChI is InChI=1S/C26H18Cl5N3O3/c27-18-19(28)21(30)24(22(31)20(18)29)34-10-4-5-14-11-13(8-9-17(14)34)12-16(23(32)26(36)37)25(35)33-15-6-2-1-3-7-15/h1-3,6-9,11-12,32H,4-5,10H2,(H,33,35)(H,36,37)/b16-12-,32-23?. The second-order valence-corrected chi connectivity index (χ2v) is 10.0. The zero-order valence-electron chi connectivity index (χ0n) is 18.9. The summed E-state index contributed by atoms with van der Waals surface area (Å²) in [6.45, 7) is 0.588. The van der Waals surface area contributed by atoms with E-state index in [0.29, 0.717) is 29.9 Å². The second kappa shape index (κ2) is 11.3. The zero-order chi connectivity index (χ0) is 26.9. The average molecular weight is 598 g/mol. The number of carboxylic acid groups (broad SMARTS) is 1. The molecule has 3 N–H and O–H groups in total. The first-order chi connectivity index (χ1) is 17.6. The SMILES string of the molecule is N=C(C(=O)O)/C(=C/c1ccc2c(c1)CCCN2c1c(Cl)c(Cl)c(Cl)c(Cl)c1Cl)C(=O)Nc1ccccc1. The molecule has 1 aliphatic heterocycles. The zero-order valence-corrected chi connectivity index (χ0v) is 22.7. The van der Waals surface area contributed by atoms with E-state index >= 15 is 0 Å². The molecule has 3 aromatic rings. The highest BCUT2D eigenvalue weighted by molar-refractivity contribution is 6.56. The highest BCUT2D eigenvalue weighted by Crippen LogP contribution is 2.51. The monoisotopic (exact) mass is 595 g/mol. The van der Waals surface area contributed by atoms with Gasteiger partial charge in [-0.2, -0.15) is 0 Å². The molecule has 3 aromatic carbocycles. The van der Waals surface area contributed by atoms with Crippen LogP contribution >= 0.6 is 58.0 Å². The summed E-state index contributed by atoms with van der Waals surface area (Å²) < 4.78 is 0. The third-order valence-electron chi connectivity index (χ3n) is 5.75. The summed E-state index contributed by atoms with van der Waals surface area (Å²) in [6, 6.07) is 13.9. The lowest BCUT2D eigenvalue weighted by molar-refractivity contribution is -0.129. The van der Waals surface area contributed by atoms with Crippen LogP contribution in [0, 0.1) is 5.41 Å². The van der Waals surface area contributed by atoms with Crippen molar-refractivity contribution in [2.24, 2.45) is 0 Å². The average Bonchev–Trinajstić information content (AvgIpc) is 2.89. The number of carboxylic acids is 1. The molecule has 1 amide bonds. The maximum atomic E-state index is 12.9. The van der Waals surface area contributed by atoms with Gasteiger partial charge in [0.15, 0.2) is 5.71 Å². The number of hydrogen-bond donors (Lipinski definition) is 3. The van der Waals surface area contributed by atoms with E-state index in [-0.39, 0.29) is 30.7 Å². The number of carbonyl (C=O) groups excluding carboxylic acids is 1. The molecule has 37 heavy (non-hydrogen) atoms. The normalized spacial score (nSPS) is 13.2. The lowest BCUT2D eigenvalue weighted by Gasteiger charge is -2.33. The van der Waals surface area contributed by atoms with Crippen molar-refractivity contribution in [3.8, 4) is 0 Å². The Kier molecular flexibility index (Phi) is 8.36. The van der Waals surface area contributed by atoms with Crippen molar-refractivity contribution in [2.75, 3.05) is 16.8 Å². The molecule has 1 aliphatic rings. The molecule has 190 valence electrons. The number of carbonyl (C=O) groups is 2. The van der Waals surface area contributed by atoms with E-state index in [1.807, 2.05) is 11.0 Å². The van der Waals surface area contributed by atoms with Crippen molar-refractivity contribution in [3.05, 3.63) is 90.3 Å². The van der Waals surface area contributed by atoms with Gasteiger partial charge < -0.3 is 15.3 Å². The third kappa shape index (κ3) is 5.59. The van der Waals surface area contributed by atoms with Crippen LogP contribution in [-0.2, 0) is 16.0 Å². The van der Waals surface area contributed by atoms with Gasteiger partial charge in [0.2, 0.25) is 0 Å². The molecule has 6 nitrogen and oxygen atoms in total. The molecule has 0 radical (unpaired) electrons. The van der Waals surface area contributed by atoms with Gasteiger partial charge >= 0.3 is 5.97 Å². The summed E-state index contributed by atoms with van der Waals surface area (Å²) in [6.07, 6.45) is 2.83. The fraction of sp³-hybridized carbons (Fsp3) is 0.115. The predicted octanol–water partition coefficient (Wildman–Crippen LogP) is 8.16. The van der Waals surface area contributed by atoms with Crippen LogP contribution in [-0.4, -0.2) is 29.2 Å². The number of nitrogens with one attached hydrogen (secondary N) is 2. The van der Waals surface area contributed by atoms with Crippen molar-refractivity contribution in [1.29, 1.82) is 5.41 Å². The maximum absolute atomic E-state index is 12.9. The quantitative estimate of drug-likeness (QED) is 0.116. The minimum absolute atomic E-state index is 0.0713. The molecule has 0 aromatic heterocycles. The van der Waals surface area contributed by atoms with E-state index in [4.69, 9.17) is 63.4 Å². The first-order valence-electron chi connectivity index (χ1n) is 10.9. The third-order valence-corrected chi connectivity index (χ3v) is 8.01.